The number of aliphatic imine (C=N–C) groups is 1. The van der Waals surface area contributed by atoms with E-state index in [4.69, 9.17) is 0 Å². The van der Waals surface area contributed by atoms with Crippen LogP contribution in [0.2, 0.25) is 0 Å². The molecule has 1 unspecified atom stereocenters. The maximum atomic E-state index is 4.60. The Hall–Kier alpha value is -0.160. The van der Waals surface area contributed by atoms with Crippen molar-refractivity contribution in [3.63, 3.8) is 0 Å². The summed E-state index contributed by atoms with van der Waals surface area (Å²) in [6.07, 6.45) is 3.45. The summed E-state index contributed by atoms with van der Waals surface area (Å²) in [5.74, 6) is 0. The van der Waals surface area contributed by atoms with Crippen molar-refractivity contribution >= 4 is 42.2 Å². The third-order valence-electron chi connectivity index (χ3n) is 2.86. The predicted octanol–water partition coefficient (Wildman–Crippen LogP) is 3.79. The SMILES string of the molecule is Cc1nn(C2CC2)c2c1N=C(Br)CC2Br. The maximum absolute atomic E-state index is 4.60. The lowest BCUT2D eigenvalue weighted by molar-refractivity contribution is 0.600. The van der Waals surface area contributed by atoms with Gasteiger partial charge in [-0.05, 0) is 35.7 Å². The molecule has 0 spiro atoms. The van der Waals surface area contributed by atoms with Crippen LogP contribution < -0.4 is 0 Å². The van der Waals surface area contributed by atoms with Gasteiger partial charge in [-0.15, -0.1) is 0 Å². The molecular formula is C10H11Br2N3. The van der Waals surface area contributed by atoms with Crippen LogP contribution in [-0.2, 0) is 0 Å². The molecule has 1 aliphatic heterocycles. The second-order valence-corrected chi connectivity index (χ2v) is 6.18. The highest BCUT2D eigenvalue weighted by atomic mass is 79.9. The molecule has 5 heteroatoms. The second-order valence-electron chi connectivity index (χ2n) is 4.15. The summed E-state index contributed by atoms with van der Waals surface area (Å²) in [6.45, 7) is 2.03. The molecule has 0 N–H and O–H groups in total. The molecule has 15 heavy (non-hydrogen) atoms. The number of nitrogens with zero attached hydrogens (tertiary/aromatic N) is 3. The van der Waals surface area contributed by atoms with E-state index in [1.807, 2.05) is 6.92 Å². The van der Waals surface area contributed by atoms with E-state index in [-0.39, 0.29) is 0 Å². The number of halogens is 2. The van der Waals surface area contributed by atoms with Crippen LogP contribution in [0.25, 0.3) is 0 Å². The predicted molar refractivity (Wildman–Crippen MR) is 67.5 cm³/mol. The van der Waals surface area contributed by atoms with Gasteiger partial charge < -0.3 is 0 Å². The number of aromatic nitrogens is 2. The summed E-state index contributed by atoms with van der Waals surface area (Å²) in [5.41, 5.74) is 3.36. The van der Waals surface area contributed by atoms with Gasteiger partial charge in [0, 0.05) is 6.42 Å². The minimum absolute atomic E-state index is 0.348. The molecule has 2 heterocycles. The average molecular weight is 333 g/mol. The number of alkyl halides is 1. The third kappa shape index (κ3) is 1.60. The lowest BCUT2D eigenvalue weighted by Gasteiger charge is -2.16. The van der Waals surface area contributed by atoms with Gasteiger partial charge in [0.05, 0.1) is 26.9 Å². The van der Waals surface area contributed by atoms with Crippen LogP contribution in [0.5, 0.6) is 0 Å². The zero-order valence-electron chi connectivity index (χ0n) is 8.37. The van der Waals surface area contributed by atoms with E-state index in [0.717, 1.165) is 22.4 Å². The van der Waals surface area contributed by atoms with Gasteiger partial charge in [-0.1, -0.05) is 15.9 Å². The van der Waals surface area contributed by atoms with Crippen molar-refractivity contribution in [2.75, 3.05) is 0 Å². The molecule has 2 aliphatic rings. The number of hydrogen-bond acceptors (Lipinski definition) is 2. The Bertz CT molecular complexity index is 446. The molecule has 0 radical (unpaired) electrons. The van der Waals surface area contributed by atoms with E-state index < -0.39 is 0 Å². The number of fused-ring (bicyclic) bond motifs is 1. The highest BCUT2D eigenvalue weighted by molar-refractivity contribution is 9.18. The molecule has 1 saturated carbocycles. The standard InChI is InChI=1S/C10H11Br2N3/c1-5-9-10(7(11)4-8(12)13-9)15(14-5)6-2-3-6/h6-7H,2-4H2,1H3. The van der Waals surface area contributed by atoms with Crippen molar-refractivity contribution in [1.82, 2.24) is 9.78 Å². The van der Waals surface area contributed by atoms with E-state index in [0.29, 0.717) is 10.9 Å². The van der Waals surface area contributed by atoms with Crippen molar-refractivity contribution in [1.29, 1.82) is 0 Å². The Morgan fingerprint density at radius 3 is 2.80 bits per heavy atom. The van der Waals surface area contributed by atoms with Crippen LogP contribution >= 0.6 is 31.9 Å². The Kier molecular flexibility index (Phi) is 2.28. The number of aryl methyl sites for hydroxylation is 1. The summed E-state index contributed by atoms with van der Waals surface area (Å²) >= 11 is 7.19. The van der Waals surface area contributed by atoms with E-state index in [9.17, 15) is 0 Å². The van der Waals surface area contributed by atoms with Gasteiger partial charge in [-0.25, -0.2) is 4.99 Å². The molecule has 1 aliphatic carbocycles. The molecule has 80 valence electrons. The van der Waals surface area contributed by atoms with Gasteiger partial charge in [0.15, 0.2) is 0 Å². The fourth-order valence-electron chi connectivity index (χ4n) is 2.00. The quantitative estimate of drug-likeness (QED) is 0.719. The summed E-state index contributed by atoms with van der Waals surface area (Å²) in [4.78, 5) is 4.89. The fraction of sp³-hybridized carbons (Fsp3) is 0.600. The molecule has 1 aromatic heterocycles. The second kappa shape index (κ2) is 3.42. The Labute approximate surface area is 105 Å². The van der Waals surface area contributed by atoms with Gasteiger partial charge in [0.25, 0.3) is 0 Å². The van der Waals surface area contributed by atoms with Crippen LogP contribution in [0.1, 0.15) is 41.5 Å². The summed E-state index contributed by atoms with van der Waals surface area (Å²) in [7, 11) is 0. The van der Waals surface area contributed by atoms with Crippen molar-refractivity contribution in [3.8, 4) is 0 Å². The summed E-state index contributed by atoms with van der Waals surface area (Å²) in [5, 5.41) is 4.60. The summed E-state index contributed by atoms with van der Waals surface area (Å²) in [6, 6.07) is 0.625. The molecule has 0 saturated heterocycles. The van der Waals surface area contributed by atoms with Crippen molar-refractivity contribution < 1.29 is 0 Å². The van der Waals surface area contributed by atoms with Crippen molar-refractivity contribution in [3.05, 3.63) is 11.4 Å². The minimum Gasteiger partial charge on any atom is -0.263 e. The zero-order chi connectivity index (χ0) is 10.6. The van der Waals surface area contributed by atoms with Crippen LogP contribution in [0.4, 0.5) is 5.69 Å². The van der Waals surface area contributed by atoms with E-state index in [2.05, 4.69) is 46.6 Å². The lowest BCUT2D eigenvalue weighted by Crippen LogP contribution is -2.08. The molecular weight excluding hydrogens is 322 g/mol. The molecule has 0 aromatic carbocycles. The van der Waals surface area contributed by atoms with Crippen LogP contribution in [0.15, 0.2) is 4.99 Å². The van der Waals surface area contributed by atoms with Gasteiger partial charge >= 0.3 is 0 Å². The fourth-order valence-corrected chi connectivity index (χ4v) is 3.66. The van der Waals surface area contributed by atoms with Crippen LogP contribution in [0, 0.1) is 6.92 Å². The average Bonchev–Trinajstić information content (AvgIpc) is 2.93. The maximum Gasteiger partial charge on any atom is 0.109 e. The molecule has 1 aromatic rings. The van der Waals surface area contributed by atoms with Gasteiger partial charge in [-0.3, -0.25) is 4.68 Å². The number of hydrogen-bond donors (Lipinski definition) is 0. The van der Waals surface area contributed by atoms with Crippen LogP contribution in [-0.4, -0.2) is 14.4 Å². The molecule has 1 fully saturated rings. The smallest absolute Gasteiger partial charge is 0.109 e. The van der Waals surface area contributed by atoms with Crippen LogP contribution in [0.3, 0.4) is 0 Å². The Morgan fingerprint density at radius 1 is 1.40 bits per heavy atom. The first-order valence-corrected chi connectivity index (χ1v) is 6.84. The largest absolute Gasteiger partial charge is 0.263 e. The van der Waals surface area contributed by atoms with E-state index >= 15 is 0 Å². The Balaban J connectivity index is 2.18. The van der Waals surface area contributed by atoms with Crippen molar-refractivity contribution in [2.24, 2.45) is 4.99 Å². The third-order valence-corrected chi connectivity index (χ3v) is 4.12. The first kappa shape index (κ1) is 10.0. The van der Waals surface area contributed by atoms with Gasteiger partial charge in [-0.2, -0.15) is 5.10 Å². The van der Waals surface area contributed by atoms with E-state index in [1.165, 1.54) is 18.5 Å². The number of rotatable bonds is 1. The normalized spacial score (nSPS) is 25.0. The highest BCUT2D eigenvalue weighted by Crippen LogP contribution is 2.46. The molecule has 1 atom stereocenters. The molecule has 3 rings (SSSR count). The monoisotopic (exact) mass is 331 g/mol. The summed E-state index contributed by atoms with van der Waals surface area (Å²) < 4.78 is 3.18. The Morgan fingerprint density at radius 2 is 2.13 bits per heavy atom. The zero-order valence-corrected chi connectivity index (χ0v) is 11.5. The first-order valence-electron chi connectivity index (χ1n) is 5.13. The topological polar surface area (TPSA) is 30.2 Å². The van der Waals surface area contributed by atoms with Gasteiger partial charge in [0.2, 0.25) is 0 Å². The first-order chi connectivity index (χ1) is 7.16. The molecule has 0 bridgehead atoms. The highest BCUT2D eigenvalue weighted by Gasteiger charge is 2.33. The molecule has 0 amide bonds. The molecule has 3 nitrogen and oxygen atoms in total. The minimum atomic E-state index is 0.348. The van der Waals surface area contributed by atoms with Crippen molar-refractivity contribution in [2.45, 2.75) is 37.1 Å². The lowest BCUT2D eigenvalue weighted by atomic mass is 10.1. The van der Waals surface area contributed by atoms with E-state index in [1.54, 1.807) is 0 Å². The van der Waals surface area contributed by atoms with Gasteiger partial charge in [0.1, 0.15) is 5.69 Å².